The highest BCUT2D eigenvalue weighted by Gasteiger charge is 2.14. The molecule has 0 fully saturated rings. The minimum Gasteiger partial charge on any atom is -0.465 e. The van der Waals surface area contributed by atoms with Gasteiger partial charge in [0.05, 0.1) is 12.7 Å². The van der Waals surface area contributed by atoms with Gasteiger partial charge in [-0.15, -0.1) is 22.7 Å². The molecule has 0 radical (unpaired) electrons. The van der Waals surface area contributed by atoms with E-state index in [2.05, 4.69) is 22.2 Å². The maximum atomic E-state index is 11.4. The van der Waals surface area contributed by atoms with E-state index in [1.54, 1.807) is 11.3 Å². The summed E-state index contributed by atoms with van der Waals surface area (Å²) in [6.07, 6.45) is 0. The van der Waals surface area contributed by atoms with Gasteiger partial charge < -0.3 is 10.5 Å². The fourth-order valence-corrected chi connectivity index (χ4v) is 4.34. The van der Waals surface area contributed by atoms with Crippen LogP contribution < -0.4 is 5.73 Å². The largest absolute Gasteiger partial charge is 0.465 e. The summed E-state index contributed by atoms with van der Waals surface area (Å²) in [7, 11) is 1.37. The lowest BCUT2D eigenvalue weighted by Gasteiger charge is -1.96. The van der Waals surface area contributed by atoms with Crippen molar-refractivity contribution in [2.45, 2.75) is 11.5 Å². The lowest BCUT2D eigenvalue weighted by atomic mass is 10.3. The second kappa shape index (κ2) is 6.26. The number of methoxy groups -OCH3 is 1. The van der Waals surface area contributed by atoms with Crippen molar-refractivity contribution in [2.75, 3.05) is 12.8 Å². The summed E-state index contributed by atoms with van der Waals surface area (Å²) in [5.74, 6) is 1.49. The SMILES string of the molecule is COC(=O)c1cc(CSCc2cccs2)sc1N. The highest BCUT2D eigenvalue weighted by molar-refractivity contribution is 7.98. The van der Waals surface area contributed by atoms with Crippen molar-refractivity contribution in [3.8, 4) is 0 Å². The topological polar surface area (TPSA) is 52.3 Å². The molecule has 3 nitrogen and oxygen atoms in total. The van der Waals surface area contributed by atoms with Crippen molar-refractivity contribution in [1.82, 2.24) is 0 Å². The number of rotatable bonds is 5. The Hall–Kier alpha value is -0.980. The Labute approximate surface area is 118 Å². The van der Waals surface area contributed by atoms with Gasteiger partial charge in [-0.05, 0) is 17.5 Å². The fraction of sp³-hybridized carbons (Fsp3) is 0.250. The summed E-state index contributed by atoms with van der Waals surface area (Å²) >= 11 is 5.03. The number of nitrogens with two attached hydrogens (primary N) is 1. The van der Waals surface area contributed by atoms with E-state index in [9.17, 15) is 4.79 Å². The standard InChI is InChI=1S/C12H13NO2S3/c1-15-12(14)10-5-9(18-11(10)13)7-16-6-8-3-2-4-17-8/h2-5H,6-7,13H2,1H3. The number of ether oxygens (including phenoxy) is 1. The Kier molecular flexibility index (Phi) is 4.68. The fourth-order valence-electron chi connectivity index (χ4n) is 1.45. The van der Waals surface area contributed by atoms with Gasteiger partial charge in [0.25, 0.3) is 0 Å². The number of carbonyl (C=O) groups excluding carboxylic acids is 1. The molecule has 0 amide bonds. The Morgan fingerprint density at radius 1 is 1.44 bits per heavy atom. The third-order valence-electron chi connectivity index (χ3n) is 2.29. The molecular weight excluding hydrogens is 286 g/mol. The number of esters is 1. The van der Waals surface area contributed by atoms with Gasteiger partial charge >= 0.3 is 5.97 Å². The van der Waals surface area contributed by atoms with E-state index in [0.717, 1.165) is 16.4 Å². The maximum absolute atomic E-state index is 11.4. The average Bonchev–Trinajstić information content (AvgIpc) is 2.98. The number of hydrogen-bond donors (Lipinski definition) is 1. The van der Waals surface area contributed by atoms with Crippen molar-refractivity contribution < 1.29 is 9.53 Å². The molecule has 2 aromatic heterocycles. The molecule has 0 aliphatic rings. The van der Waals surface area contributed by atoms with Gasteiger partial charge in [0, 0.05) is 21.3 Å². The van der Waals surface area contributed by atoms with E-state index in [1.165, 1.54) is 23.3 Å². The lowest BCUT2D eigenvalue weighted by molar-refractivity contribution is 0.0602. The Bertz CT molecular complexity index is 519. The zero-order chi connectivity index (χ0) is 13.0. The molecule has 0 saturated heterocycles. The van der Waals surface area contributed by atoms with Crippen molar-refractivity contribution in [3.05, 3.63) is 38.9 Å². The van der Waals surface area contributed by atoms with Crippen LogP contribution in [-0.4, -0.2) is 13.1 Å². The molecule has 96 valence electrons. The zero-order valence-corrected chi connectivity index (χ0v) is 12.3. The third kappa shape index (κ3) is 3.28. The van der Waals surface area contributed by atoms with Crippen LogP contribution in [0.3, 0.4) is 0 Å². The van der Waals surface area contributed by atoms with E-state index >= 15 is 0 Å². The van der Waals surface area contributed by atoms with Gasteiger partial charge in [-0.3, -0.25) is 0 Å². The molecule has 0 aromatic carbocycles. The number of thiophene rings is 2. The molecule has 2 N–H and O–H groups in total. The van der Waals surface area contributed by atoms with Crippen LogP contribution in [0.2, 0.25) is 0 Å². The summed E-state index contributed by atoms with van der Waals surface area (Å²) in [6.45, 7) is 0. The van der Waals surface area contributed by atoms with E-state index in [0.29, 0.717) is 10.6 Å². The van der Waals surface area contributed by atoms with E-state index in [4.69, 9.17) is 5.73 Å². The van der Waals surface area contributed by atoms with Crippen molar-refractivity contribution >= 4 is 45.4 Å². The quantitative estimate of drug-likeness (QED) is 0.857. The highest BCUT2D eigenvalue weighted by Crippen LogP contribution is 2.30. The molecule has 6 heteroatoms. The van der Waals surface area contributed by atoms with Crippen molar-refractivity contribution in [1.29, 1.82) is 0 Å². The first-order chi connectivity index (χ1) is 8.70. The van der Waals surface area contributed by atoms with Crippen LogP contribution in [0.1, 0.15) is 20.1 Å². The normalized spacial score (nSPS) is 10.5. The summed E-state index contributed by atoms with van der Waals surface area (Å²) in [5.41, 5.74) is 6.28. The molecular formula is C12H13NO2S3. The van der Waals surface area contributed by atoms with E-state index < -0.39 is 0 Å². The molecule has 0 atom stereocenters. The molecule has 18 heavy (non-hydrogen) atoms. The number of anilines is 1. The molecule has 0 unspecified atom stereocenters. The zero-order valence-electron chi connectivity index (χ0n) is 9.84. The molecule has 2 rings (SSSR count). The Balaban J connectivity index is 1.92. The van der Waals surface area contributed by atoms with E-state index in [-0.39, 0.29) is 5.97 Å². The van der Waals surface area contributed by atoms with E-state index in [1.807, 2.05) is 17.8 Å². The summed E-state index contributed by atoms with van der Waals surface area (Å²) < 4.78 is 4.68. The van der Waals surface area contributed by atoms with Crippen molar-refractivity contribution in [2.24, 2.45) is 0 Å². The summed E-state index contributed by atoms with van der Waals surface area (Å²) in [6, 6.07) is 6.01. The van der Waals surface area contributed by atoms with Crippen LogP contribution in [0, 0.1) is 0 Å². The minimum atomic E-state index is -0.363. The summed E-state index contributed by atoms with van der Waals surface area (Å²) in [5, 5.41) is 2.61. The predicted octanol–water partition coefficient (Wildman–Crippen LogP) is 3.61. The molecule has 0 aliphatic carbocycles. The second-order valence-corrected chi connectivity index (χ2v) is 6.74. The first-order valence-corrected chi connectivity index (χ1v) is 8.12. The van der Waals surface area contributed by atoms with Crippen LogP contribution in [0.4, 0.5) is 5.00 Å². The first kappa shape index (κ1) is 13.5. The smallest absolute Gasteiger partial charge is 0.340 e. The number of thioether (sulfide) groups is 1. The predicted molar refractivity (Wildman–Crippen MR) is 79.4 cm³/mol. The van der Waals surface area contributed by atoms with Crippen LogP contribution in [-0.2, 0) is 16.2 Å². The van der Waals surface area contributed by atoms with Crippen molar-refractivity contribution in [3.63, 3.8) is 0 Å². The second-order valence-electron chi connectivity index (χ2n) is 3.55. The lowest BCUT2D eigenvalue weighted by Crippen LogP contribution is -2.01. The first-order valence-electron chi connectivity index (χ1n) is 5.27. The molecule has 0 spiro atoms. The average molecular weight is 299 g/mol. The number of nitrogen functional groups attached to an aromatic ring is 1. The minimum absolute atomic E-state index is 0.363. The molecule has 0 saturated carbocycles. The van der Waals surface area contributed by atoms with Crippen LogP contribution in [0.15, 0.2) is 23.6 Å². The Morgan fingerprint density at radius 3 is 2.89 bits per heavy atom. The van der Waals surface area contributed by atoms with Gasteiger partial charge in [-0.2, -0.15) is 11.8 Å². The number of hydrogen-bond acceptors (Lipinski definition) is 6. The molecule has 2 aromatic rings. The number of carbonyl (C=O) groups is 1. The molecule has 0 bridgehead atoms. The highest BCUT2D eigenvalue weighted by atomic mass is 32.2. The molecule has 2 heterocycles. The van der Waals surface area contributed by atoms with Gasteiger partial charge in [0.2, 0.25) is 0 Å². The maximum Gasteiger partial charge on any atom is 0.340 e. The monoisotopic (exact) mass is 299 g/mol. The third-order valence-corrected chi connectivity index (χ3v) is 5.52. The van der Waals surface area contributed by atoms with Gasteiger partial charge in [-0.25, -0.2) is 4.79 Å². The molecule has 0 aliphatic heterocycles. The van der Waals surface area contributed by atoms with Gasteiger partial charge in [0.1, 0.15) is 5.00 Å². The van der Waals surface area contributed by atoms with Gasteiger partial charge in [0.15, 0.2) is 0 Å². The summed E-state index contributed by atoms with van der Waals surface area (Å²) in [4.78, 5) is 13.9. The van der Waals surface area contributed by atoms with Crippen LogP contribution in [0.25, 0.3) is 0 Å². The van der Waals surface area contributed by atoms with Crippen LogP contribution >= 0.6 is 34.4 Å². The Morgan fingerprint density at radius 2 is 2.22 bits per heavy atom. The van der Waals surface area contributed by atoms with Crippen LogP contribution in [0.5, 0.6) is 0 Å². The van der Waals surface area contributed by atoms with Gasteiger partial charge in [-0.1, -0.05) is 6.07 Å².